The van der Waals surface area contributed by atoms with Gasteiger partial charge < -0.3 is 20.4 Å². The molecule has 208 valence electrons. The Hall–Kier alpha value is -4.82. The number of piperidine rings is 1. The van der Waals surface area contributed by atoms with Crippen LogP contribution in [0.3, 0.4) is 0 Å². The molecule has 1 atom stereocenters. The molecule has 0 aliphatic carbocycles. The van der Waals surface area contributed by atoms with Crippen LogP contribution in [-0.2, 0) is 6.18 Å². The Balaban J connectivity index is 1.38. The van der Waals surface area contributed by atoms with E-state index in [1.165, 1.54) is 12.5 Å². The standard InChI is InChI=1S/C30H25F3N6O2/c31-30(32,33)22-6-1-5-20(14-22)25-8-9-26-28(37-25)39(24-7-3-11-38(26)17-24)29(40)36-23-13-19(4-2-10-34)12-21(15-23)27-16-35-18-41-27/h1,5-6,8-9,12-16,18,24H,3,7,10-11,17,34H2,(H,36,40)/t24-/m0/s1. The number of carbonyl (C=O) groups excluding carboxylic acids is 1. The van der Waals surface area contributed by atoms with E-state index in [0.717, 1.165) is 37.2 Å². The molecule has 2 aliphatic heterocycles. The lowest BCUT2D eigenvalue weighted by molar-refractivity contribution is -0.137. The van der Waals surface area contributed by atoms with Gasteiger partial charge in [0, 0.05) is 35.5 Å². The fourth-order valence-electron chi connectivity index (χ4n) is 5.31. The smallest absolute Gasteiger partial charge is 0.416 e. The van der Waals surface area contributed by atoms with Crippen LogP contribution in [0, 0.1) is 11.8 Å². The van der Waals surface area contributed by atoms with Crippen LogP contribution in [0.25, 0.3) is 22.6 Å². The summed E-state index contributed by atoms with van der Waals surface area (Å²) in [4.78, 5) is 26.4. The van der Waals surface area contributed by atoms with Crippen LogP contribution in [0.4, 0.5) is 35.2 Å². The van der Waals surface area contributed by atoms with Gasteiger partial charge in [-0.15, -0.1) is 0 Å². The maximum absolute atomic E-state index is 13.9. The molecule has 3 N–H and O–H groups in total. The first-order valence-electron chi connectivity index (χ1n) is 13.1. The molecule has 8 nitrogen and oxygen atoms in total. The Morgan fingerprint density at radius 1 is 1.15 bits per heavy atom. The van der Waals surface area contributed by atoms with Crippen LogP contribution < -0.4 is 20.9 Å². The van der Waals surface area contributed by atoms with E-state index in [2.05, 4.69) is 27.0 Å². The highest BCUT2D eigenvalue weighted by Crippen LogP contribution is 2.40. The Morgan fingerprint density at radius 3 is 2.80 bits per heavy atom. The Labute approximate surface area is 234 Å². The number of alkyl halides is 3. The van der Waals surface area contributed by atoms with E-state index >= 15 is 0 Å². The lowest BCUT2D eigenvalue weighted by atomic mass is 9.99. The van der Waals surface area contributed by atoms with Gasteiger partial charge in [0.2, 0.25) is 0 Å². The van der Waals surface area contributed by atoms with Crippen molar-refractivity contribution >= 4 is 23.2 Å². The van der Waals surface area contributed by atoms with Crippen molar-refractivity contribution in [3.63, 3.8) is 0 Å². The zero-order valence-electron chi connectivity index (χ0n) is 21.8. The van der Waals surface area contributed by atoms with Crippen molar-refractivity contribution in [2.24, 2.45) is 5.73 Å². The van der Waals surface area contributed by atoms with Crippen LogP contribution in [-0.4, -0.2) is 41.7 Å². The number of benzene rings is 2. The molecule has 2 aromatic heterocycles. The van der Waals surface area contributed by atoms with Crippen molar-refractivity contribution in [1.29, 1.82) is 0 Å². The Morgan fingerprint density at radius 2 is 2.02 bits per heavy atom. The molecule has 2 bridgehead atoms. The fourth-order valence-corrected chi connectivity index (χ4v) is 5.31. The van der Waals surface area contributed by atoms with Gasteiger partial charge in [-0.25, -0.2) is 14.8 Å². The number of pyridine rings is 1. The third-order valence-corrected chi connectivity index (χ3v) is 7.13. The number of oxazole rings is 1. The van der Waals surface area contributed by atoms with Gasteiger partial charge in [0.1, 0.15) is 0 Å². The summed E-state index contributed by atoms with van der Waals surface area (Å²) >= 11 is 0. The monoisotopic (exact) mass is 558 g/mol. The first kappa shape index (κ1) is 26.4. The number of urea groups is 1. The summed E-state index contributed by atoms with van der Waals surface area (Å²) < 4.78 is 45.6. The average molecular weight is 559 g/mol. The van der Waals surface area contributed by atoms with Gasteiger partial charge in [-0.1, -0.05) is 24.0 Å². The zero-order chi connectivity index (χ0) is 28.6. The molecular formula is C30H25F3N6O2. The second-order valence-electron chi connectivity index (χ2n) is 9.83. The zero-order valence-corrected chi connectivity index (χ0v) is 21.8. The second kappa shape index (κ2) is 10.6. The van der Waals surface area contributed by atoms with Gasteiger partial charge in [-0.05, 0) is 55.3 Å². The molecule has 11 heteroatoms. The summed E-state index contributed by atoms with van der Waals surface area (Å²) in [5.41, 5.74) is 8.01. The highest BCUT2D eigenvalue weighted by atomic mass is 19.4. The molecule has 6 rings (SSSR count). The summed E-state index contributed by atoms with van der Waals surface area (Å²) in [6.07, 6.45) is 0.0660. The van der Waals surface area contributed by atoms with E-state index in [-0.39, 0.29) is 12.6 Å². The van der Waals surface area contributed by atoms with Crippen LogP contribution >= 0.6 is 0 Å². The van der Waals surface area contributed by atoms with Crippen LogP contribution in [0.15, 0.2) is 71.6 Å². The van der Waals surface area contributed by atoms with Crippen LogP contribution in [0.5, 0.6) is 0 Å². The number of nitrogens with one attached hydrogen (secondary N) is 1. The third-order valence-electron chi connectivity index (χ3n) is 7.13. The number of aromatic nitrogens is 2. The van der Waals surface area contributed by atoms with Gasteiger partial charge in [0.25, 0.3) is 0 Å². The van der Waals surface area contributed by atoms with E-state index in [9.17, 15) is 18.0 Å². The largest absolute Gasteiger partial charge is 0.444 e. The number of hydrogen-bond donors (Lipinski definition) is 2. The number of carbonyl (C=O) groups is 1. The maximum Gasteiger partial charge on any atom is 0.416 e. The molecule has 0 spiro atoms. The molecule has 4 aromatic rings. The van der Waals surface area contributed by atoms with Gasteiger partial charge in [0.05, 0.1) is 35.7 Å². The lowest BCUT2D eigenvalue weighted by Crippen LogP contribution is -2.56. The Kier molecular flexibility index (Phi) is 6.85. The predicted octanol–water partition coefficient (Wildman–Crippen LogP) is 5.75. The highest BCUT2D eigenvalue weighted by molar-refractivity contribution is 6.05. The molecule has 2 amide bonds. The van der Waals surface area contributed by atoms with Crippen molar-refractivity contribution in [3.05, 3.63) is 78.3 Å². The normalized spacial score (nSPS) is 16.0. The quantitative estimate of drug-likeness (QED) is 0.311. The molecule has 2 aliphatic rings. The summed E-state index contributed by atoms with van der Waals surface area (Å²) in [5.74, 6) is 6.73. The Bertz CT molecular complexity index is 1660. The summed E-state index contributed by atoms with van der Waals surface area (Å²) in [6.45, 7) is 1.62. The van der Waals surface area contributed by atoms with Gasteiger partial charge in [0.15, 0.2) is 18.0 Å². The fraction of sp³-hybridized carbons (Fsp3) is 0.233. The number of halogens is 3. The minimum atomic E-state index is -4.48. The summed E-state index contributed by atoms with van der Waals surface area (Å²) in [5, 5.41) is 2.98. The molecule has 41 heavy (non-hydrogen) atoms. The van der Waals surface area contributed by atoms with E-state index in [4.69, 9.17) is 15.1 Å². The lowest BCUT2D eigenvalue weighted by Gasteiger charge is -2.45. The van der Waals surface area contributed by atoms with E-state index < -0.39 is 17.8 Å². The minimum absolute atomic E-state index is 0.158. The highest BCUT2D eigenvalue weighted by Gasteiger charge is 2.38. The summed E-state index contributed by atoms with van der Waals surface area (Å²) in [7, 11) is 0. The molecule has 1 saturated heterocycles. The van der Waals surface area contributed by atoms with E-state index in [0.29, 0.717) is 46.2 Å². The molecule has 0 saturated carbocycles. The van der Waals surface area contributed by atoms with Gasteiger partial charge in [-0.3, -0.25) is 4.90 Å². The maximum atomic E-state index is 13.9. The minimum Gasteiger partial charge on any atom is -0.444 e. The predicted molar refractivity (Wildman–Crippen MR) is 149 cm³/mol. The number of nitrogens with two attached hydrogens (primary N) is 1. The number of amides is 2. The van der Waals surface area contributed by atoms with Crippen molar-refractivity contribution in [2.45, 2.75) is 25.1 Å². The van der Waals surface area contributed by atoms with Crippen molar-refractivity contribution in [1.82, 2.24) is 9.97 Å². The number of rotatable bonds is 3. The molecular weight excluding hydrogens is 533 g/mol. The number of nitrogens with zero attached hydrogens (tertiary/aromatic N) is 4. The number of anilines is 3. The first-order valence-corrected chi connectivity index (χ1v) is 13.1. The first-order chi connectivity index (χ1) is 19.8. The van der Waals surface area contributed by atoms with Crippen molar-refractivity contribution in [2.75, 3.05) is 34.8 Å². The topological polar surface area (TPSA) is 101 Å². The van der Waals surface area contributed by atoms with Gasteiger partial charge >= 0.3 is 12.2 Å². The third kappa shape index (κ3) is 5.34. The molecule has 2 aromatic carbocycles. The van der Waals surface area contributed by atoms with E-state index in [1.54, 1.807) is 35.4 Å². The molecule has 0 unspecified atom stereocenters. The molecule has 4 heterocycles. The molecule has 1 fully saturated rings. The second-order valence-corrected chi connectivity index (χ2v) is 9.83. The van der Waals surface area contributed by atoms with Gasteiger partial charge in [-0.2, -0.15) is 13.2 Å². The van der Waals surface area contributed by atoms with Crippen molar-refractivity contribution in [3.8, 4) is 34.4 Å². The summed E-state index contributed by atoms with van der Waals surface area (Å²) in [6, 6.07) is 13.3. The number of hydrogen-bond acceptors (Lipinski definition) is 6. The SMILES string of the molecule is NCC#Cc1cc(NC(=O)N2c3nc(-c4cccc(C(F)(F)F)c4)ccc3N3CCC[C@H]2C3)cc(-c2cnco2)c1. The van der Waals surface area contributed by atoms with Crippen LogP contribution in [0.1, 0.15) is 24.0 Å². The average Bonchev–Trinajstić information content (AvgIpc) is 3.51. The molecule has 0 radical (unpaired) electrons. The van der Waals surface area contributed by atoms with Crippen molar-refractivity contribution < 1.29 is 22.4 Å². The number of fused-ring (bicyclic) bond motifs is 4. The van der Waals surface area contributed by atoms with E-state index in [1.807, 2.05) is 12.1 Å². The van der Waals surface area contributed by atoms with Crippen LogP contribution in [0.2, 0.25) is 0 Å².